The number of rotatable bonds is 6. The molecule has 0 aliphatic rings. The van der Waals surface area contributed by atoms with Crippen molar-refractivity contribution in [2.75, 3.05) is 11.1 Å². The zero-order valence-corrected chi connectivity index (χ0v) is 18.7. The number of nitrogens with one attached hydrogen (secondary N) is 1. The quantitative estimate of drug-likeness (QED) is 0.383. The minimum Gasteiger partial charge on any atom is -0.325 e. The maximum atomic E-state index is 13.3. The number of fused-ring (bicyclic) bond motifs is 3. The number of benzene rings is 3. The summed E-state index contributed by atoms with van der Waals surface area (Å²) in [7, 11) is 0. The highest BCUT2D eigenvalue weighted by molar-refractivity contribution is 7.99. The highest BCUT2D eigenvalue weighted by atomic mass is 32.2. The average molecular weight is 467 g/mol. The van der Waals surface area contributed by atoms with Crippen LogP contribution in [0.5, 0.6) is 0 Å². The van der Waals surface area contributed by atoms with Gasteiger partial charge in [-0.05, 0) is 42.0 Å². The zero-order chi connectivity index (χ0) is 23.5. The summed E-state index contributed by atoms with van der Waals surface area (Å²) in [5.41, 5.74) is 2.65. The van der Waals surface area contributed by atoms with Crippen molar-refractivity contribution in [3.63, 3.8) is 0 Å². The van der Waals surface area contributed by atoms with Crippen LogP contribution in [0.3, 0.4) is 0 Å². The summed E-state index contributed by atoms with van der Waals surface area (Å²) in [5.74, 6) is 0.309. The lowest BCUT2D eigenvalue weighted by Gasteiger charge is -2.11. The van der Waals surface area contributed by atoms with Crippen LogP contribution >= 0.6 is 11.8 Å². The number of thioether (sulfide) groups is 1. The Hall–Kier alpha value is -4.42. The SMILES string of the molecule is N#Cc1ccc(NC(=O)CSc2nnc3n(Cc4ccccc4)c(=O)c4ccccc4n23)cc1. The van der Waals surface area contributed by atoms with Crippen molar-refractivity contribution in [3.8, 4) is 6.07 Å². The van der Waals surface area contributed by atoms with E-state index in [0.717, 1.165) is 5.56 Å². The fourth-order valence-corrected chi connectivity index (χ4v) is 4.43. The van der Waals surface area contributed by atoms with Crippen LogP contribution in [0.25, 0.3) is 16.7 Å². The smallest absolute Gasteiger partial charge is 0.263 e. The number of hydrogen-bond donors (Lipinski definition) is 1. The summed E-state index contributed by atoms with van der Waals surface area (Å²) in [4.78, 5) is 25.8. The lowest BCUT2D eigenvalue weighted by molar-refractivity contribution is -0.113. The molecular weight excluding hydrogens is 448 g/mol. The van der Waals surface area contributed by atoms with Crippen LogP contribution in [0.2, 0.25) is 0 Å². The molecule has 1 N–H and O–H groups in total. The molecule has 0 radical (unpaired) electrons. The van der Waals surface area contributed by atoms with Gasteiger partial charge < -0.3 is 5.32 Å². The Kier molecular flexibility index (Phi) is 5.81. The first-order valence-electron chi connectivity index (χ1n) is 10.5. The van der Waals surface area contributed by atoms with E-state index in [1.165, 1.54) is 11.8 Å². The van der Waals surface area contributed by atoms with Gasteiger partial charge in [0.1, 0.15) is 0 Å². The molecule has 5 aromatic rings. The van der Waals surface area contributed by atoms with E-state index < -0.39 is 0 Å². The van der Waals surface area contributed by atoms with Crippen LogP contribution < -0.4 is 10.9 Å². The minimum atomic E-state index is -0.214. The van der Waals surface area contributed by atoms with Gasteiger partial charge in [-0.1, -0.05) is 54.2 Å². The number of aromatic nitrogens is 4. The van der Waals surface area contributed by atoms with E-state index in [9.17, 15) is 9.59 Å². The minimum absolute atomic E-state index is 0.104. The van der Waals surface area contributed by atoms with Crippen molar-refractivity contribution >= 4 is 40.0 Å². The number of nitrogens with zero attached hydrogens (tertiary/aromatic N) is 5. The monoisotopic (exact) mass is 466 g/mol. The molecule has 0 atom stereocenters. The average Bonchev–Trinajstić information content (AvgIpc) is 3.30. The fraction of sp³-hybridized carbons (Fsp3) is 0.0800. The Labute approximate surface area is 198 Å². The number of carbonyl (C=O) groups excluding carboxylic acids is 1. The molecule has 1 amide bonds. The van der Waals surface area contributed by atoms with Crippen molar-refractivity contribution in [2.45, 2.75) is 11.7 Å². The van der Waals surface area contributed by atoms with Gasteiger partial charge in [0.15, 0.2) is 5.16 Å². The molecule has 0 bridgehead atoms. The molecule has 0 saturated carbocycles. The number of amides is 1. The van der Waals surface area contributed by atoms with E-state index in [1.807, 2.05) is 59.0 Å². The van der Waals surface area contributed by atoms with Gasteiger partial charge in [0.25, 0.3) is 5.56 Å². The van der Waals surface area contributed by atoms with E-state index in [2.05, 4.69) is 15.5 Å². The third kappa shape index (κ3) is 4.14. The van der Waals surface area contributed by atoms with Crippen molar-refractivity contribution in [2.24, 2.45) is 0 Å². The number of hydrogen-bond acceptors (Lipinski definition) is 6. The molecule has 2 aromatic heterocycles. The Balaban J connectivity index is 1.47. The molecule has 8 nitrogen and oxygen atoms in total. The van der Waals surface area contributed by atoms with Crippen molar-refractivity contribution in [1.82, 2.24) is 19.2 Å². The molecule has 0 unspecified atom stereocenters. The lowest BCUT2D eigenvalue weighted by atomic mass is 10.2. The van der Waals surface area contributed by atoms with E-state index in [-0.39, 0.29) is 17.2 Å². The Morgan fingerprint density at radius 2 is 1.71 bits per heavy atom. The predicted octanol–water partition coefficient (Wildman–Crippen LogP) is 3.69. The molecule has 9 heteroatoms. The van der Waals surface area contributed by atoms with E-state index in [1.54, 1.807) is 34.9 Å². The third-order valence-corrected chi connectivity index (χ3v) is 6.22. The van der Waals surface area contributed by atoms with Crippen LogP contribution in [-0.2, 0) is 11.3 Å². The van der Waals surface area contributed by atoms with Crippen LogP contribution in [0.1, 0.15) is 11.1 Å². The third-order valence-electron chi connectivity index (χ3n) is 5.29. The Morgan fingerprint density at radius 3 is 2.47 bits per heavy atom. The summed E-state index contributed by atoms with van der Waals surface area (Å²) in [5, 5.41) is 21.4. The molecule has 166 valence electrons. The molecule has 0 aliphatic heterocycles. The Bertz CT molecular complexity index is 1600. The number of nitriles is 1. The van der Waals surface area contributed by atoms with Gasteiger partial charge in [0.05, 0.1) is 34.8 Å². The second kappa shape index (κ2) is 9.21. The van der Waals surface area contributed by atoms with Gasteiger partial charge in [0, 0.05) is 5.69 Å². The fourth-order valence-electron chi connectivity index (χ4n) is 3.69. The van der Waals surface area contributed by atoms with Gasteiger partial charge in [-0.25, -0.2) is 0 Å². The molecule has 5 rings (SSSR count). The normalized spacial score (nSPS) is 10.9. The van der Waals surface area contributed by atoms with Gasteiger partial charge in [-0.15, -0.1) is 10.2 Å². The maximum absolute atomic E-state index is 13.3. The van der Waals surface area contributed by atoms with Crippen LogP contribution in [0.15, 0.2) is 88.8 Å². The second-order valence-electron chi connectivity index (χ2n) is 7.54. The van der Waals surface area contributed by atoms with Gasteiger partial charge in [0.2, 0.25) is 11.7 Å². The van der Waals surface area contributed by atoms with E-state index in [0.29, 0.717) is 39.6 Å². The summed E-state index contributed by atoms with van der Waals surface area (Å²) in [6.07, 6.45) is 0. The van der Waals surface area contributed by atoms with Crippen LogP contribution in [0.4, 0.5) is 5.69 Å². The van der Waals surface area contributed by atoms with Gasteiger partial charge in [-0.3, -0.25) is 18.6 Å². The number of anilines is 1. The first-order chi connectivity index (χ1) is 16.6. The van der Waals surface area contributed by atoms with Gasteiger partial charge >= 0.3 is 0 Å². The standard InChI is InChI=1S/C25H18N6O2S/c26-14-17-10-12-19(13-11-17)27-22(32)16-34-25-29-28-24-30(15-18-6-2-1-3-7-18)23(33)20-8-4-5-9-21(20)31(24)25/h1-13H,15-16H2,(H,27,32). The van der Waals surface area contributed by atoms with Crippen LogP contribution in [-0.4, -0.2) is 30.8 Å². The van der Waals surface area contributed by atoms with Crippen molar-refractivity contribution in [3.05, 3.63) is 100 Å². The first kappa shape index (κ1) is 21.4. The zero-order valence-electron chi connectivity index (χ0n) is 17.9. The van der Waals surface area contributed by atoms with Crippen LogP contribution in [0, 0.1) is 11.3 Å². The molecule has 2 heterocycles. The van der Waals surface area contributed by atoms with Crippen molar-refractivity contribution < 1.29 is 4.79 Å². The summed E-state index contributed by atoms with van der Waals surface area (Å²) >= 11 is 1.24. The molecule has 0 saturated heterocycles. The summed E-state index contributed by atoms with van der Waals surface area (Å²) in [6.45, 7) is 0.357. The van der Waals surface area contributed by atoms with Gasteiger partial charge in [-0.2, -0.15) is 5.26 Å². The Morgan fingerprint density at radius 1 is 0.971 bits per heavy atom. The highest BCUT2D eigenvalue weighted by Gasteiger charge is 2.18. The summed E-state index contributed by atoms with van der Waals surface area (Å²) in [6, 6.07) is 25.7. The van der Waals surface area contributed by atoms with E-state index in [4.69, 9.17) is 5.26 Å². The molecule has 0 spiro atoms. The second-order valence-corrected chi connectivity index (χ2v) is 8.48. The highest BCUT2D eigenvalue weighted by Crippen LogP contribution is 2.22. The molecule has 3 aromatic carbocycles. The largest absolute Gasteiger partial charge is 0.325 e. The predicted molar refractivity (Wildman–Crippen MR) is 131 cm³/mol. The van der Waals surface area contributed by atoms with E-state index >= 15 is 0 Å². The lowest BCUT2D eigenvalue weighted by Crippen LogP contribution is -2.24. The van der Waals surface area contributed by atoms with Crippen molar-refractivity contribution in [1.29, 1.82) is 5.26 Å². The summed E-state index contributed by atoms with van der Waals surface area (Å²) < 4.78 is 3.42. The molecule has 34 heavy (non-hydrogen) atoms. The first-order valence-corrected chi connectivity index (χ1v) is 11.5. The maximum Gasteiger partial charge on any atom is 0.263 e. The molecular formula is C25H18N6O2S. The molecule has 0 aliphatic carbocycles. The molecule has 0 fully saturated rings. The number of para-hydroxylation sites is 1. The topological polar surface area (TPSA) is 105 Å². The number of carbonyl (C=O) groups is 1.